The van der Waals surface area contributed by atoms with Crippen LogP contribution in [-0.4, -0.2) is 31.0 Å². The highest BCUT2D eigenvalue weighted by Gasteiger charge is 2.07. The van der Waals surface area contributed by atoms with Crippen LogP contribution in [0.15, 0.2) is 18.2 Å². The second kappa shape index (κ2) is 11.9. The van der Waals surface area contributed by atoms with Gasteiger partial charge < -0.3 is 15.6 Å². The van der Waals surface area contributed by atoms with Gasteiger partial charge in [0.05, 0.1) is 10.6 Å². The van der Waals surface area contributed by atoms with Crippen LogP contribution in [0.4, 0.5) is 0 Å². The van der Waals surface area contributed by atoms with Gasteiger partial charge in [-0.2, -0.15) is 0 Å². The zero-order chi connectivity index (χ0) is 14.6. The van der Waals surface area contributed by atoms with Crippen LogP contribution in [0.5, 0.6) is 5.75 Å². The monoisotopic (exact) mass is 275 g/mol. The molecule has 0 radical (unpaired) electrons. The number of rotatable bonds is 4. The van der Waals surface area contributed by atoms with Crippen molar-refractivity contribution in [2.45, 2.75) is 13.8 Å². The van der Waals surface area contributed by atoms with Gasteiger partial charge in [-0.1, -0.05) is 31.5 Å². The number of carbonyl (C=O) groups excluding carboxylic acids is 2. The molecule has 0 heterocycles. The van der Waals surface area contributed by atoms with E-state index >= 15 is 0 Å². The summed E-state index contributed by atoms with van der Waals surface area (Å²) in [5, 5.41) is 7.28. The molecular formula is C12H18ClNO4. The summed E-state index contributed by atoms with van der Waals surface area (Å²) in [6, 6.07) is 4.71. The Morgan fingerprint density at radius 3 is 2.44 bits per heavy atom. The topological polar surface area (TPSA) is 89.6 Å². The summed E-state index contributed by atoms with van der Waals surface area (Å²) in [6.45, 7) is 3.72. The van der Waals surface area contributed by atoms with Gasteiger partial charge >= 0.3 is 0 Å². The summed E-state index contributed by atoms with van der Waals surface area (Å²) in [7, 11) is 1.00. The summed E-state index contributed by atoms with van der Waals surface area (Å²) >= 11 is 5.72. The Morgan fingerprint density at radius 1 is 1.44 bits per heavy atom. The smallest absolute Gasteiger partial charge is 0.255 e. The van der Waals surface area contributed by atoms with Crippen LogP contribution in [0.2, 0.25) is 5.02 Å². The standard InChI is InChI=1S/C9H8ClNO3.C2H6.CH4O/c10-7-2-1-3-8(6(7)4-12)14-5-9(11)13;2*1-2/h1-4H,5H2,(H2,11,13);1-2H3;2H,1H3. The summed E-state index contributed by atoms with van der Waals surface area (Å²) in [5.41, 5.74) is 5.10. The number of hydrogen-bond acceptors (Lipinski definition) is 4. The van der Waals surface area contributed by atoms with Crippen molar-refractivity contribution in [2.24, 2.45) is 5.73 Å². The predicted octanol–water partition coefficient (Wildman–Crippen LogP) is 1.65. The van der Waals surface area contributed by atoms with Crippen LogP contribution in [0.1, 0.15) is 24.2 Å². The maximum absolute atomic E-state index is 10.6. The van der Waals surface area contributed by atoms with E-state index in [4.69, 9.17) is 27.2 Å². The molecule has 0 aliphatic carbocycles. The lowest BCUT2D eigenvalue weighted by molar-refractivity contribution is -0.119. The third-order valence-electron chi connectivity index (χ3n) is 1.50. The molecule has 0 bridgehead atoms. The first kappa shape index (κ1) is 18.8. The quantitative estimate of drug-likeness (QED) is 0.818. The lowest BCUT2D eigenvalue weighted by atomic mass is 10.2. The normalized spacial score (nSPS) is 8.06. The van der Waals surface area contributed by atoms with E-state index in [0.29, 0.717) is 6.29 Å². The largest absolute Gasteiger partial charge is 0.483 e. The number of hydrogen-bond donors (Lipinski definition) is 2. The molecule has 0 spiro atoms. The van der Waals surface area contributed by atoms with Crippen LogP contribution in [-0.2, 0) is 4.79 Å². The maximum Gasteiger partial charge on any atom is 0.255 e. The van der Waals surface area contributed by atoms with Crippen molar-refractivity contribution in [3.05, 3.63) is 28.8 Å². The molecule has 0 atom stereocenters. The number of halogens is 1. The molecule has 0 saturated heterocycles. The van der Waals surface area contributed by atoms with E-state index in [9.17, 15) is 9.59 Å². The van der Waals surface area contributed by atoms with E-state index in [1.165, 1.54) is 0 Å². The zero-order valence-corrected chi connectivity index (χ0v) is 11.4. The Balaban J connectivity index is 0. The Labute approximate surface area is 112 Å². The minimum absolute atomic E-state index is 0.218. The van der Waals surface area contributed by atoms with E-state index in [1.807, 2.05) is 13.8 Å². The van der Waals surface area contributed by atoms with E-state index in [2.05, 4.69) is 0 Å². The van der Waals surface area contributed by atoms with Gasteiger partial charge in [0.1, 0.15) is 5.75 Å². The van der Waals surface area contributed by atoms with Gasteiger partial charge in [-0.25, -0.2) is 0 Å². The summed E-state index contributed by atoms with van der Waals surface area (Å²) < 4.78 is 4.98. The molecule has 0 aliphatic rings. The van der Waals surface area contributed by atoms with Gasteiger partial charge in [0.15, 0.2) is 12.9 Å². The van der Waals surface area contributed by atoms with Crippen molar-refractivity contribution < 1.29 is 19.4 Å². The number of primary amides is 1. The maximum atomic E-state index is 10.6. The fraction of sp³-hybridized carbons (Fsp3) is 0.333. The Kier molecular flexibility index (Phi) is 12.4. The number of amides is 1. The number of aliphatic hydroxyl groups is 1. The molecule has 102 valence electrons. The first-order valence-corrected chi connectivity index (χ1v) is 5.62. The van der Waals surface area contributed by atoms with Gasteiger partial charge in [0.25, 0.3) is 5.91 Å². The molecule has 0 aromatic heterocycles. The van der Waals surface area contributed by atoms with Crippen molar-refractivity contribution in [2.75, 3.05) is 13.7 Å². The molecule has 18 heavy (non-hydrogen) atoms. The summed E-state index contributed by atoms with van der Waals surface area (Å²) in [5.74, 6) is -0.354. The second-order valence-corrected chi connectivity index (χ2v) is 2.93. The highest BCUT2D eigenvalue weighted by Crippen LogP contribution is 2.24. The fourth-order valence-corrected chi connectivity index (χ4v) is 1.12. The molecule has 0 aliphatic heterocycles. The third kappa shape index (κ3) is 6.88. The predicted molar refractivity (Wildman–Crippen MR) is 71.0 cm³/mol. The van der Waals surface area contributed by atoms with Crippen LogP contribution in [0, 0.1) is 0 Å². The molecule has 3 N–H and O–H groups in total. The number of ether oxygens (including phenoxy) is 1. The Bertz CT molecular complexity index is 369. The van der Waals surface area contributed by atoms with Crippen LogP contribution < -0.4 is 10.5 Å². The number of nitrogens with two attached hydrogens (primary N) is 1. The van der Waals surface area contributed by atoms with Crippen molar-refractivity contribution in [3.63, 3.8) is 0 Å². The number of aliphatic hydroxyl groups excluding tert-OH is 1. The Morgan fingerprint density at radius 2 is 2.00 bits per heavy atom. The first-order chi connectivity index (χ1) is 8.65. The van der Waals surface area contributed by atoms with Gasteiger partial charge in [0, 0.05) is 7.11 Å². The zero-order valence-electron chi connectivity index (χ0n) is 10.6. The van der Waals surface area contributed by atoms with Crippen LogP contribution in [0.3, 0.4) is 0 Å². The highest BCUT2D eigenvalue weighted by atomic mass is 35.5. The molecule has 0 saturated carbocycles. The third-order valence-corrected chi connectivity index (χ3v) is 1.83. The molecule has 0 fully saturated rings. The average molecular weight is 276 g/mol. The second-order valence-electron chi connectivity index (χ2n) is 2.52. The lowest BCUT2D eigenvalue weighted by Crippen LogP contribution is -2.20. The number of carbonyl (C=O) groups is 2. The summed E-state index contributed by atoms with van der Waals surface area (Å²) in [6.07, 6.45) is 0.568. The van der Waals surface area contributed by atoms with Crippen molar-refractivity contribution in [1.29, 1.82) is 0 Å². The molecular weight excluding hydrogens is 258 g/mol. The summed E-state index contributed by atoms with van der Waals surface area (Å²) in [4.78, 5) is 21.0. The molecule has 1 rings (SSSR count). The van der Waals surface area contributed by atoms with Crippen molar-refractivity contribution in [1.82, 2.24) is 0 Å². The van der Waals surface area contributed by atoms with Crippen LogP contribution >= 0.6 is 11.6 Å². The van der Waals surface area contributed by atoms with E-state index in [0.717, 1.165) is 7.11 Å². The SMILES string of the molecule is CC.CO.NC(=O)COc1cccc(Cl)c1C=O. The minimum Gasteiger partial charge on any atom is -0.483 e. The average Bonchev–Trinajstić information content (AvgIpc) is 2.41. The van der Waals surface area contributed by atoms with Gasteiger partial charge in [0.2, 0.25) is 0 Å². The molecule has 1 aromatic carbocycles. The van der Waals surface area contributed by atoms with Gasteiger partial charge in [-0.05, 0) is 12.1 Å². The number of aldehydes is 1. The van der Waals surface area contributed by atoms with E-state index < -0.39 is 5.91 Å². The minimum atomic E-state index is -0.609. The van der Waals surface area contributed by atoms with Crippen molar-refractivity contribution >= 4 is 23.8 Å². The van der Waals surface area contributed by atoms with Gasteiger partial charge in [-0.3, -0.25) is 9.59 Å². The van der Waals surface area contributed by atoms with E-state index in [1.54, 1.807) is 18.2 Å². The molecule has 6 heteroatoms. The fourth-order valence-electron chi connectivity index (χ4n) is 0.906. The van der Waals surface area contributed by atoms with Crippen LogP contribution in [0.25, 0.3) is 0 Å². The number of benzene rings is 1. The molecule has 0 unspecified atom stereocenters. The van der Waals surface area contributed by atoms with E-state index in [-0.39, 0.29) is 22.9 Å². The molecule has 5 nitrogen and oxygen atoms in total. The van der Waals surface area contributed by atoms with Crippen molar-refractivity contribution in [3.8, 4) is 5.75 Å². The molecule has 1 aromatic rings. The Hall–Kier alpha value is -1.59. The molecule has 1 amide bonds. The van der Waals surface area contributed by atoms with Gasteiger partial charge in [-0.15, -0.1) is 0 Å². The lowest BCUT2D eigenvalue weighted by Gasteiger charge is -2.06. The first-order valence-electron chi connectivity index (χ1n) is 5.24. The highest BCUT2D eigenvalue weighted by molar-refractivity contribution is 6.33.